The summed E-state index contributed by atoms with van der Waals surface area (Å²) >= 11 is 0. The molecule has 3 aromatic rings. The number of hydrogen-bond donors (Lipinski definition) is 1. The zero-order chi connectivity index (χ0) is 23.7. The first kappa shape index (κ1) is 22.4. The van der Waals surface area contributed by atoms with Crippen molar-refractivity contribution in [2.24, 2.45) is 5.92 Å². The standard InChI is InChI=1S/C24H25N3O6S/c1-16-3-2-10-27(15-16)34(29,30)19-7-5-18(6-8-19)25-24(28)20-14-22(33-26-20)17-4-9-21-23(13-17)32-12-11-31-21/h4-9,13-14,16H,2-3,10-12,15H2,1H3,(H,25,28). The maximum absolute atomic E-state index is 12.9. The van der Waals surface area contributed by atoms with Crippen LogP contribution in [0.3, 0.4) is 0 Å². The van der Waals surface area contributed by atoms with Gasteiger partial charge in [0.05, 0.1) is 4.90 Å². The first-order chi connectivity index (χ1) is 16.4. The van der Waals surface area contributed by atoms with Crippen LogP contribution in [0.15, 0.2) is 57.9 Å². The van der Waals surface area contributed by atoms with Crippen LogP contribution in [0.25, 0.3) is 11.3 Å². The second-order valence-corrected chi connectivity index (χ2v) is 10.5. The molecule has 0 bridgehead atoms. The van der Waals surface area contributed by atoms with E-state index in [1.165, 1.54) is 22.5 Å². The van der Waals surface area contributed by atoms with Crippen LogP contribution in [-0.2, 0) is 10.0 Å². The summed E-state index contributed by atoms with van der Waals surface area (Å²) in [6, 6.07) is 13.1. The summed E-state index contributed by atoms with van der Waals surface area (Å²) in [4.78, 5) is 12.9. The minimum atomic E-state index is -3.55. The van der Waals surface area contributed by atoms with Gasteiger partial charge in [0.15, 0.2) is 23.0 Å². The normalized spacial score (nSPS) is 18.4. The zero-order valence-corrected chi connectivity index (χ0v) is 19.5. The number of fused-ring (bicyclic) bond motifs is 1. The molecule has 10 heteroatoms. The highest BCUT2D eigenvalue weighted by molar-refractivity contribution is 7.89. The van der Waals surface area contributed by atoms with Crippen LogP contribution < -0.4 is 14.8 Å². The molecule has 0 saturated carbocycles. The summed E-state index contributed by atoms with van der Waals surface area (Å²) in [5, 5.41) is 6.59. The van der Waals surface area contributed by atoms with E-state index in [2.05, 4.69) is 17.4 Å². The topological polar surface area (TPSA) is 111 Å². The minimum absolute atomic E-state index is 0.101. The van der Waals surface area contributed by atoms with Gasteiger partial charge in [0.25, 0.3) is 5.91 Å². The number of carbonyl (C=O) groups excluding carboxylic acids is 1. The monoisotopic (exact) mass is 483 g/mol. The lowest BCUT2D eigenvalue weighted by atomic mass is 10.0. The van der Waals surface area contributed by atoms with E-state index in [1.54, 1.807) is 30.3 Å². The summed E-state index contributed by atoms with van der Waals surface area (Å²) < 4.78 is 43.8. The van der Waals surface area contributed by atoms with E-state index < -0.39 is 15.9 Å². The number of aromatic nitrogens is 1. The molecule has 1 amide bonds. The van der Waals surface area contributed by atoms with E-state index in [-0.39, 0.29) is 10.6 Å². The van der Waals surface area contributed by atoms with Crippen molar-refractivity contribution < 1.29 is 27.2 Å². The molecule has 1 unspecified atom stereocenters. The molecule has 34 heavy (non-hydrogen) atoms. The maximum Gasteiger partial charge on any atom is 0.277 e. The number of nitrogens with zero attached hydrogens (tertiary/aromatic N) is 2. The van der Waals surface area contributed by atoms with Gasteiger partial charge in [-0.2, -0.15) is 4.31 Å². The summed E-state index contributed by atoms with van der Waals surface area (Å²) in [5.41, 5.74) is 1.26. The predicted octanol–water partition coefficient (Wildman–Crippen LogP) is 3.79. The fourth-order valence-electron chi connectivity index (χ4n) is 4.13. The van der Waals surface area contributed by atoms with Crippen LogP contribution in [0.5, 0.6) is 11.5 Å². The van der Waals surface area contributed by atoms with Gasteiger partial charge in [-0.25, -0.2) is 8.42 Å². The first-order valence-corrected chi connectivity index (χ1v) is 12.6. The molecule has 0 spiro atoms. The molecule has 0 aliphatic carbocycles. The van der Waals surface area contributed by atoms with Gasteiger partial charge >= 0.3 is 0 Å². The highest BCUT2D eigenvalue weighted by atomic mass is 32.2. The van der Waals surface area contributed by atoms with Gasteiger partial charge in [0, 0.05) is 30.4 Å². The first-order valence-electron chi connectivity index (χ1n) is 11.2. The molecule has 1 atom stereocenters. The van der Waals surface area contributed by atoms with Crippen molar-refractivity contribution in [1.29, 1.82) is 0 Å². The van der Waals surface area contributed by atoms with E-state index in [0.29, 0.717) is 60.7 Å². The van der Waals surface area contributed by atoms with Crippen LogP contribution >= 0.6 is 0 Å². The lowest BCUT2D eigenvalue weighted by Gasteiger charge is -2.30. The van der Waals surface area contributed by atoms with E-state index in [9.17, 15) is 13.2 Å². The van der Waals surface area contributed by atoms with Crippen molar-refractivity contribution in [3.05, 3.63) is 54.2 Å². The second kappa shape index (κ2) is 9.11. The third-order valence-electron chi connectivity index (χ3n) is 5.94. The highest BCUT2D eigenvalue weighted by Crippen LogP contribution is 2.34. The molecule has 3 heterocycles. The number of anilines is 1. The molecular formula is C24H25N3O6S. The Morgan fingerprint density at radius 2 is 1.82 bits per heavy atom. The number of carbonyl (C=O) groups is 1. The Bertz CT molecular complexity index is 1300. The van der Waals surface area contributed by atoms with Crippen molar-refractivity contribution >= 4 is 21.6 Å². The zero-order valence-electron chi connectivity index (χ0n) is 18.7. The molecule has 1 fully saturated rings. The quantitative estimate of drug-likeness (QED) is 0.588. The lowest BCUT2D eigenvalue weighted by molar-refractivity contribution is 0.101. The van der Waals surface area contributed by atoms with Gasteiger partial charge in [-0.3, -0.25) is 4.79 Å². The van der Waals surface area contributed by atoms with Crippen molar-refractivity contribution in [3.8, 4) is 22.8 Å². The summed E-state index contributed by atoms with van der Waals surface area (Å²) in [6.07, 6.45) is 1.90. The highest BCUT2D eigenvalue weighted by Gasteiger charge is 2.28. The number of amides is 1. The van der Waals surface area contributed by atoms with Gasteiger partial charge in [0.1, 0.15) is 13.2 Å². The Kier molecular flexibility index (Phi) is 6.01. The van der Waals surface area contributed by atoms with Gasteiger partial charge < -0.3 is 19.3 Å². The number of hydrogen-bond acceptors (Lipinski definition) is 7. The Morgan fingerprint density at radius 1 is 1.06 bits per heavy atom. The molecule has 1 aromatic heterocycles. The van der Waals surface area contributed by atoms with E-state index in [4.69, 9.17) is 14.0 Å². The molecule has 1 N–H and O–H groups in total. The number of benzene rings is 2. The fraction of sp³-hybridized carbons (Fsp3) is 0.333. The Morgan fingerprint density at radius 3 is 2.59 bits per heavy atom. The SMILES string of the molecule is CC1CCCN(S(=O)(=O)c2ccc(NC(=O)c3cc(-c4ccc5c(c4)OCCO5)on3)cc2)C1. The minimum Gasteiger partial charge on any atom is -0.486 e. The smallest absolute Gasteiger partial charge is 0.277 e. The van der Waals surface area contributed by atoms with Gasteiger partial charge in [-0.15, -0.1) is 0 Å². The summed E-state index contributed by atoms with van der Waals surface area (Å²) in [6.45, 7) is 4.09. The van der Waals surface area contributed by atoms with Crippen molar-refractivity contribution in [2.75, 3.05) is 31.6 Å². The largest absolute Gasteiger partial charge is 0.486 e. The summed E-state index contributed by atoms with van der Waals surface area (Å²) in [7, 11) is -3.55. The third-order valence-corrected chi connectivity index (χ3v) is 7.82. The van der Waals surface area contributed by atoms with Crippen LogP contribution in [0.1, 0.15) is 30.3 Å². The molecule has 2 aliphatic rings. The van der Waals surface area contributed by atoms with E-state index >= 15 is 0 Å². The molecule has 2 aromatic carbocycles. The lowest BCUT2D eigenvalue weighted by Crippen LogP contribution is -2.39. The van der Waals surface area contributed by atoms with Crippen molar-refractivity contribution in [2.45, 2.75) is 24.7 Å². The van der Waals surface area contributed by atoms with Crippen molar-refractivity contribution in [3.63, 3.8) is 0 Å². The Hall–Kier alpha value is -3.37. The maximum atomic E-state index is 12.9. The van der Waals surface area contributed by atoms with E-state index in [1.807, 2.05) is 0 Å². The predicted molar refractivity (Wildman–Crippen MR) is 124 cm³/mol. The fourth-order valence-corrected chi connectivity index (χ4v) is 5.73. The van der Waals surface area contributed by atoms with Crippen molar-refractivity contribution in [1.82, 2.24) is 9.46 Å². The number of piperidine rings is 1. The van der Waals surface area contributed by atoms with Crippen LogP contribution in [0.4, 0.5) is 5.69 Å². The molecule has 9 nitrogen and oxygen atoms in total. The molecule has 2 aliphatic heterocycles. The van der Waals surface area contributed by atoms with E-state index in [0.717, 1.165) is 12.8 Å². The average Bonchev–Trinajstić information content (AvgIpc) is 3.35. The van der Waals surface area contributed by atoms with Crippen LogP contribution in [-0.4, -0.2) is 50.1 Å². The molecule has 1 saturated heterocycles. The number of sulfonamides is 1. The Balaban J connectivity index is 1.27. The Labute approximate surface area is 197 Å². The number of ether oxygens (including phenoxy) is 2. The molecular weight excluding hydrogens is 458 g/mol. The van der Waals surface area contributed by atoms with Gasteiger partial charge in [0.2, 0.25) is 10.0 Å². The molecule has 178 valence electrons. The number of rotatable bonds is 5. The van der Waals surface area contributed by atoms with Crippen LogP contribution in [0, 0.1) is 5.92 Å². The van der Waals surface area contributed by atoms with Gasteiger partial charge in [-0.1, -0.05) is 12.1 Å². The third kappa shape index (κ3) is 4.51. The number of nitrogens with one attached hydrogen (secondary N) is 1. The molecule has 0 radical (unpaired) electrons. The van der Waals surface area contributed by atoms with Crippen LogP contribution in [0.2, 0.25) is 0 Å². The summed E-state index contributed by atoms with van der Waals surface area (Å²) in [5.74, 6) is 1.57. The second-order valence-electron chi connectivity index (χ2n) is 8.52. The molecule has 5 rings (SSSR count). The average molecular weight is 484 g/mol. The van der Waals surface area contributed by atoms with Gasteiger partial charge in [-0.05, 0) is 61.2 Å².